The molecule has 6 nitrogen and oxygen atoms in total. The van der Waals surface area contributed by atoms with Crippen molar-refractivity contribution in [2.75, 3.05) is 13.2 Å². The summed E-state index contributed by atoms with van der Waals surface area (Å²) in [5.74, 6) is -0.498. The van der Waals surface area contributed by atoms with Gasteiger partial charge in [-0.15, -0.1) is 5.10 Å². The molecule has 1 saturated heterocycles. The summed E-state index contributed by atoms with van der Waals surface area (Å²) in [6.45, 7) is 1.50. The van der Waals surface area contributed by atoms with Gasteiger partial charge < -0.3 is 20.9 Å². The molecule has 0 saturated carbocycles. The lowest BCUT2D eigenvalue weighted by Gasteiger charge is -2.10. The van der Waals surface area contributed by atoms with Gasteiger partial charge in [0.15, 0.2) is 0 Å². The second-order valence-corrected chi connectivity index (χ2v) is 4.77. The quantitative estimate of drug-likeness (QED) is 0.467. The van der Waals surface area contributed by atoms with Crippen LogP contribution in [0.1, 0.15) is 24.0 Å². The molecule has 0 bridgehead atoms. The summed E-state index contributed by atoms with van der Waals surface area (Å²) < 4.78 is 24.8. The van der Waals surface area contributed by atoms with Crippen molar-refractivity contribution < 1.29 is 13.9 Å². The Balaban J connectivity index is 1.86. The van der Waals surface area contributed by atoms with Crippen LogP contribution in [0.3, 0.4) is 0 Å². The minimum Gasteiger partial charge on any atom is -0.376 e. The van der Waals surface area contributed by atoms with E-state index in [1.807, 2.05) is 0 Å². The van der Waals surface area contributed by atoms with Gasteiger partial charge in [0.2, 0.25) is 5.96 Å². The van der Waals surface area contributed by atoms with Crippen molar-refractivity contribution in [3.63, 3.8) is 0 Å². The molecule has 21 heavy (non-hydrogen) atoms. The lowest BCUT2D eigenvalue weighted by atomic mass is 10.1. The SMILES string of the molecule is NC(N)=NN=Cc1ccc(COCC2CCCO2)c(F)c1. The summed E-state index contributed by atoms with van der Waals surface area (Å²) in [6.07, 6.45) is 3.58. The zero-order valence-corrected chi connectivity index (χ0v) is 11.7. The second-order valence-electron chi connectivity index (χ2n) is 4.77. The number of halogens is 1. The number of hydrogen-bond acceptors (Lipinski definition) is 4. The lowest BCUT2D eigenvalue weighted by Crippen LogP contribution is -2.21. The highest BCUT2D eigenvalue weighted by atomic mass is 19.1. The fourth-order valence-corrected chi connectivity index (χ4v) is 2.00. The molecule has 0 radical (unpaired) electrons. The van der Waals surface area contributed by atoms with Gasteiger partial charge in [0.05, 0.1) is 25.5 Å². The van der Waals surface area contributed by atoms with Crippen LogP contribution >= 0.6 is 0 Å². The van der Waals surface area contributed by atoms with Gasteiger partial charge in [-0.1, -0.05) is 12.1 Å². The maximum absolute atomic E-state index is 13.9. The van der Waals surface area contributed by atoms with E-state index < -0.39 is 0 Å². The van der Waals surface area contributed by atoms with Crippen LogP contribution in [-0.2, 0) is 16.1 Å². The number of nitrogens with zero attached hydrogens (tertiary/aromatic N) is 2. The second kappa shape index (κ2) is 7.70. The molecule has 1 unspecified atom stereocenters. The van der Waals surface area contributed by atoms with Gasteiger partial charge in [-0.2, -0.15) is 5.10 Å². The van der Waals surface area contributed by atoms with Gasteiger partial charge in [-0.3, -0.25) is 0 Å². The van der Waals surface area contributed by atoms with Gasteiger partial charge in [0.25, 0.3) is 0 Å². The van der Waals surface area contributed by atoms with Crippen LogP contribution in [0.25, 0.3) is 0 Å². The zero-order chi connectivity index (χ0) is 15.1. The molecule has 1 atom stereocenters. The Morgan fingerprint density at radius 3 is 3.00 bits per heavy atom. The maximum Gasteiger partial charge on any atom is 0.211 e. The molecule has 1 aromatic carbocycles. The Hall–Kier alpha value is -1.99. The Morgan fingerprint density at radius 1 is 1.48 bits per heavy atom. The first-order valence-corrected chi connectivity index (χ1v) is 6.75. The molecule has 2 rings (SSSR count). The molecule has 1 aliphatic rings. The maximum atomic E-state index is 13.9. The van der Waals surface area contributed by atoms with Crippen LogP contribution in [0.2, 0.25) is 0 Å². The van der Waals surface area contributed by atoms with Crippen molar-refractivity contribution in [2.45, 2.75) is 25.6 Å². The molecule has 1 fully saturated rings. The normalized spacial score (nSPS) is 18.2. The van der Waals surface area contributed by atoms with Crippen LogP contribution in [0.5, 0.6) is 0 Å². The summed E-state index contributed by atoms with van der Waals surface area (Å²) in [7, 11) is 0. The van der Waals surface area contributed by atoms with E-state index in [0.717, 1.165) is 19.4 Å². The van der Waals surface area contributed by atoms with Gasteiger partial charge in [0, 0.05) is 12.2 Å². The minimum absolute atomic E-state index is 0.138. The molecule has 0 amide bonds. The van der Waals surface area contributed by atoms with E-state index in [1.165, 1.54) is 12.3 Å². The molecular weight excluding hydrogens is 275 g/mol. The summed E-state index contributed by atoms with van der Waals surface area (Å²) in [5, 5.41) is 7.07. The van der Waals surface area contributed by atoms with Crippen molar-refractivity contribution >= 4 is 12.2 Å². The molecular formula is C14H19FN4O2. The average molecular weight is 294 g/mol. The van der Waals surface area contributed by atoms with E-state index in [-0.39, 0.29) is 24.5 Å². The van der Waals surface area contributed by atoms with E-state index in [9.17, 15) is 4.39 Å². The fourth-order valence-electron chi connectivity index (χ4n) is 2.00. The number of hydrogen-bond donors (Lipinski definition) is 2. The van der Waals surface area contributed by atoms with E-state index in [0.29, 0.717) is 17.7 Å². The largest absolute Gasteiger partial charge is 0.376 e. The first-order chi connectivity index (χ1) is 10.1. The monoisotopic (exact) mass is 294 g/mol. The predicted octanol–water partition coefficient (Wildman–Crippen LogP) is 1.13. The Labute approximate surface area is 122 Å². The van der Waals surface area contributed by atoms with Gasteiger partial charge in [-0.05, 0) is 24.5 Å². The Bertz CT molecular complexity index is 524. The first kappa shape index (κ1) is 15.4. The molecule has 4 N–H and O–H groups in total. The summed E-state index contributed by atoms with van der Waals surface area (Å²) in [6, 6.07) is 4.73. The lowest BCUT2D eigenvalue weighted by molar-refractivity contribution is 0.00982. The Morgan fingerprint density at radius 2 is 2.33 bits per heavy atom. The molecule has 1 aromatic rings. The van der Waals surface area contributed by atoms with E-state index in [4.69, 9.17) is 20.9 Å². The highest BCUT2D eigenvalue weighted by Gasteiger charge is 2.15. The highest BCUT2D eigenvalue weighted by molar-refractivity contribution is 5.81. The fraction of sp³-hybridized carbons (Fsp3) is 0.429. The number of guanidine groups is 1. The first-order valence-electron chi connectivity index (χ1n) is 6.75. The molecule has 7 heteroatoms. The van der Waals surface area contributed by atoms with Crippen molar-refractivity contribution in [3.8, 4) is 0 Å². The van der Waals surface area contributed by atoms with E-state index in [1.54, 1.807) is 12.1 Å². The molecule has 1 aliphatic heterocycles. The van der Waals surface area contributed by atoms with Crippen LogP contribution in [0.15, 0.2) is 28.4 Å². The number of nitrogens with two attached hydrogens (primary N) is 2. The van der Waals surface area contributed by atoms with E-state index >= 15 is 0 Å². The van der Waals surface area contributed by atoms with Crippen LogP contribution < -0.4 is 11.5 Å². The number of rotatable bonds is 6. The van der Waals surface area contributed by atoms with Gasteiger partial charge in [-0.25, -0.2) is 4.39 Å². The minimum atomic E-state index is -0.351. The Kier molecular flexibility index (Phi) is 5.65. The summed E-state index contributed by atoms with van der Waals surface area (Å²) in [5.41, 5.74) is 11.3. The molecule has 0 aliphatic carbocycles. The molecule has 0 spiro atoms. The number of ether oxygens (including phenoxy) is 2. The molecule has 1 heterocycles. The third kappa shape index (κ3) is 5.13. The van der Waals surface area contributed by atoms with Gasteiger partial charge >= 0.3 is 0 Å². The summed E-state index contributed by atoms with van der Waals surface area (Å²) in [4.78, 5) is 0. The van der Waals surface area contributed by atoms with E-state index in [2.05, 4.69) is 10.2 Å². The molecule has 0 aromatic heterocycles. The average Bonchev–Trinajstić information content (AvgIpc) is 2.94. The van der Waals surface area contributed by atoms with Gasteiger partial charge in [0.1, 0.15) is 5.82 Å². The third-order valence-electron chi connectivity index (χ3n) is 3.04. The predicted molar refractivity (Wildman–Crippen MR) is 78.4 cm³/mol. The van der Waals surface area contributed by atoms with Crippen molar-refractivity contribution in [1.29, 1.82) is 0 Å². The third-order valence-corrected chi connectivity index (χ3v) is 3.04. The van der Waals surface area contributed by atoms with Crippen molar-refractivity contribution in [1.82, 2.24) is 0 Å². The molecule has 114 valence electrons. The van der Waals surface area contributed by atoms with Crippen molar-refractivity contribution in [2.24, 2.45) is 21.7 Å². The smallest absolute Gasteiger partial charge is 0.211 e. The standard InChI is InChI=1S/C14H19FN4O2/c15-13-6-10(7-18-19-14(16)17)3-4-11(13)8-20-9-12-2-1-5-21-12/h3-4,6-7,12H,1-2,5,8-9H2,(H4,16,17,19). The van der Waals surface area contributed by atoms with Crippen LogP contribution in [0, 0.1) is 5.82 Å². The zero-order valence-electron chi connectivity index (χ0n) is 11.7. The highest BCUT2D eigenvalue weighted by Crippen LogP contribution is 2.14. The topological polar surface area (TPSA) is 95.2 Å². The van der Waals surface area contributed by atoms with Crippen LogP contribution in [-0.4, -0.2) is 31.5 Å². The van der Waals surface area contributed by atoms with Crippen molar-refractivity contribution in [3.05, 3.63) is 35.1 Å². The summed E-state index contributed by atoms with van der Waals surface area (Å²) >= 11 is 0. The number of benzene rings is 1. The van der Waals surface area contributed by atoms with Crippen LogP contribution in [0.4, 0.5) is 4.39 Å².